The second-order valence-corrected chi connectivity index (χ2v) is 4.80. The largest absolute Gasteiger partial charge is 0.508 e. The van der Waals surface area contributed by atoms with Crippen LogP contribution in [0.5, 0.6) is 5.75 Å². The number of unbranched alkanes of at least 4 members (excludes halogenated alkanes) is 1. The maximum Gasteiger partial charge on any atom is 0.335 e. The number of phenolic OH excluding ortho intramolecular Hbond substituents is 1. The molecule has 3 N–H and O–H groups in total. The Hall–Kier alpha value is -2.04. The van der Waals surface area contributed by atoms with E-state index in [2.05, 4.69) is 12.2 Å². The summed E-state index contributed by atoms with van der Waals surface area (Å²) in [4.78, 5) is 20.9. The highest BCUT2D eigenvalue weighted by atomic mass is 16.4. The third-order valence-electron chi connectivity index (χ3n) is 3.08. The molecule has 20 heavy (non-hydrogen) atoms. The lowest BCUT2D eigenvalue weighted by atomic mass is 10.1. The maximum absolute atomic E-state index is 10.7. The second-order valence-electron chi connectivity index (χ2n) is 4.80. The molecule has 2 rings (SSSR count). The average Bonchev–Trinajstić information content (AvgIpc) is 2.83. The van der Waals surface area contributed by atoms with Gasteiger partial charge in [-0.15, -0.1) is 0 Å². The van der Waals surface area contributed by atoms with Gasteiger partial charge in [-0.25, -0.2) is 4.79 Å². The molecule has 1 saturated heterocycles. The van der Waals surface area contributed by atoms with Crippen molar-refractivity contribution in [3.8, 4) is 5.75 Å². The van der Waals surface area contributed by atoms with Gasteiger partial charge in [-0.2, -0.15) is 0 Å². The lowest BCUT2D eigenvalue weighted by molar-refractivity contribution is -0.119. The lowest BCUT2D eigenvalue weighted by Crippen LogP contribution is -2.24. The van der Waals surface area contributed by atoms with Crippen LogP contribution >= 0.6 is 0 Å². The van der Waals surface area contributed by atoms with Gasteiger partial charge in [0.25, 0.3) is 0 Å². The molecule has 5 nitrogen and oxygen atoms in total. The minimum Gasteiger partial charge on any atom is -0.508 e. The number of benzene rings is 1. The van der Waals surface area contributed by atoms with Crippen molar-refractivity contribution in [3.63, 3.8) is 0 Å². The molecule has 1 heterocycles. The zero-order valence-corrected chi connectivity index (χ0v) is 11.6. The van der Waals surface area contributed by atoms with Crippen LogP contribution in [0.2, 0.25) is 0 Å². The molecule has 0 aromatic heterocycles. The van der Waals surface area contributed by atoms with Crippen molar-refractivity contribution in [3.05, 3.63) is 29.8 Å². The molecule has 0 radical (unpaired) electrons. The monoisotopic (exact) mass is 279 g/mol. The van der Waals surface area contributed by atoms with Gasteiger partial charge in [0, 0.05) is 12.5 Å². The molecule has 1 aromatic rings. The van der Waals surface area contributed by atoms with Gasteiger partial charge in [-0.05, 0) is 31.0 Å². The molecule has 0 spiro atoms. The van der Waals surface area contributed by atoms with E-state index in [-0.39, 0.29) is 17.2 Å². The van der Waals surface area contributed by atoms with Crippen molar-refractivity contribution in [2.75, 3.05) is 0 Å². The van der Waals surface area contributed by atoms with Gasteiger partial charge in [0.2, 0.25) is 5.91 Å². The van der Waals surface area contributed by atoms with Crippen molar-refractivity contribution >= 4 is 11.9 Å². The minimum absolute atomic E-state index is 0.0279. The van der Waals surface area contributed by atoms with Crippen molar-refractivity contribution < 1.29 is 19.8 Å². The molecule has 1 aliphatic rings. The van der Waals surface area contributed by atoms with Crippen LogP contribution in [0, 0.1) is 0 Å². The molecular weight excluding hydrogens is 258 g/mol. The molecule has 1 aromatic carbocycles. The Labute approximate surface area is 118 Å². The Bertz CT molecular complexity index is 459. The first kappa shape index (κ1) is 16.0. The molecule has 110 valence electrons. The Kier molecular flexibility index (Phi) is 6.56. The summed E-state index contributed by atoms with van der Waals surface area (Å²) in [6, 6.07) is 6.02. The number of carbonyl (C=O) groups is 2. The Morgan fingerprint density at radius 1 is 1.45 bits per heavy atom. The van der Waals surface area contributed by atoms with Gasteiger partial charge in [0.15, 0.2) is 0 Å². The SMILES string of the molecule is CCCCC1CCC(=O)N1.O=C(O)c1cccc(O)c1. The van der Waals surface area contributed by atoms with Crippen LogP contribution in [0.3, 0.4) is 0 Å². The normalized spacial score (nSPS) is 17.1. The highest BCUT2D eigenvalue weighted by Crippen LogP contribution is 2.12. The fourth-order valence-electron chi connectivity index (χ4n) is 1.98. The molecule has 1 aliphatic heterocycles. The highest BCUT2D eigenvalue weighted by Gasteiger charge is 2.19. The fourth-order valence-corrected chi connectivity index (χ4v) is 1.98. The van der Waals surface area contributed by atoms with E-state index < -0.39 is 5.97 Å². The molecule has 1 fully saturated rings. The third kappa shape index (κ3) is 5.73. The number of aromatic carboxylic acids is 1. The molecule has 5 heteroatoms. The smallest absolute Gasteiger partial charge is 0.335 e. The van der Waals surface area contributed by atoms with Crippen molar-refractivity contribution in [1.29, 1.82) is 0 Å². The summed E-state index contributed by atoms with van der Waals surface area (Å²) < 4.78 is 0. The second kappa shape index (κ2) is 8.19. The Balaban J connectivity index is 0.000000200. The van der Waals surface area contributed by atoms with Gasteiger partial charge in [-0.3, -0.25) is 4.79 Å². The molecule has 0 aliphatic carbocycles. The number of aromatic hydroxyl groups is 1. The quantitative estimate of drug-likeness (QED) is 0.790. The molecule has 0 bridgehead atoms. The minimum atomic E-state index is -1.03. The van der Waals surface area contributed by atoms with E-state index in [4.69, 9.17) is 10.2 Å². The predicted octanol–water partition coefficient (Wildman–Crippen LogP) is 2.55. The Morgan fingerprint density at radius 2 is 2.20 bits per heavy atom. The van der Waals surface area contributed by atoms with Gasteiger partial charge < -0.3 is 15.5 Å². The molecule has 1 atom stereocenters. The van der Waals surface area contributed by atoms with E-state index >= 15 is 0 Å². The van der Waals surface area contributed by atoms with Crippen molar-refractivity contribution in [2.24, 2.45) is 0 Å². The zero-order valence-electron chi connectivity index (χ0n) is 11.6. The van der Waals surface area contributed by atoms with Crippen molar-refractivity contribution in [2.45, 2.75) is 45.1 Å². The zero-order chi connectivity index (χ0) is 15.0. The first-order valence-corrected chi connectivity index (χ1v) is 6.84. The van der Waals surface area contributed by atoms with Crippen LogP contribution in [0.1, 0.15) is 49.4 Å². The predicted molar refractivity (Wildman–Crippen MR) is 75.8 cm³/mol. The number of nitrogens with one attached hydrogen (secondary N) is 1. The number of carboxylic acids is 1. The molecule has 1 unspecified atom stereocenters. The number of rotatable bonds is 4. The topological polar surface area (TPSA) is 86.6 Å². The number of amides is 1. The summed E-state index contributed by atoms with van der Waals surface area (Å²) in [5.41, 5.74) is 0.0972. The van der Waals surface area contributed by atoms with Crippen LogP contribution < -0.4 is 5.32 Å². The van der Waals surface area contributed by atoms with E-state index in [9.17, 15) is 9.59 Å². The number of hydrogen-bond acceptors (Lipinski definition) is 3. The van der Waals surface area contributed by atoms with Crippen molar-refractivity contribution in [1.82, 2.24) is 5.32 Å². The highest BCUT2D eigenvalue weighted by molar-refractivity contribution is 5.87. The first-order chi connectivity index (χ1) is 9.52. The van der Waals surface area contributed by atoms with Gasteiger partial charge in [0.1, 0.15) is 5.75 Å². The van der Waals surface area contributed by atoms with E-state index in [1.54, 1.807) is 0 Å². The number of phenols is 1. The standard InChI is InChI=1S/C8H15NO.C7H6O3/c1-2-3-4-7-5-6-8(10)9-7;8-6-3-1-2-5(4-6)7(9)10/h7H,2-6H2,1H3,(H,9,10);1-4,8H,(H,9,10). The molecule has 0 saturated carbocycles. The van der Waals surface area contributed by atoms with E-state index in [1.807, 2.05) is 0 Å². The summed E-state index contributed by atoms with van der Waals surface area (Å²) in [7, 11) is 0. The molecular formula is C15H21NO4. The third-order valence-corrected chi connectivity index (χ3v) is 3.08. The van der Waals surface area contributed by atoms with Crippen LogP contribution in [0.25, 0.3) is 0 Å². The number of carbonyl (C=O) groups excluding carboxylic acids is 1. The number of carboxylic acid groups (broad SMARTS) is 1. The maximum atomic E-state index is 10.7. The summed E-state index contributed by atoms with van der Waals surface area (Å²) in [6.07, 6.45) is 5.44. The van der Waals surface area contributed by atoms with E-state index in [0.717, 1.165) is 12.8 Å². The fraction of sp³-hybridized carbons (Fsp3) is 0.467. The van der Waals surface area contributed by atoms with Gasteiger partial charge in [0.05, 0.1) is 5.56 Å². The summed E-state index contributed by atoms with van der Waals surface area (Å²) in [5, 5.41) is 20.1. The summed E-state index contributed by atoms with van der Waals surface area (Å²) in [6.45, 7) is 2.18. The van der Waals surface area contributed by atoms with E-state index in [0.29, 0.717) is 6.04 Å². The first-order valence-electron chi connectivity index (χ1n) is 6.84. The summed E-state index contributed by atoms with van der Waals surface area (Å²) >= 11 is 0. The lowest BCUT2D eigenvalue weighted by Gasteiger charge is -2.06. The van der Waals surface area contributed by atoms with Crippen LogP contribution in [0.15, 0.2) is 24.3 Å². The van der Waals surface area contributed by atoms with Crippen LogP contribution in [0.4, 0.5) is 0 Å². The van der Waals surface area contributed by atoms with Gasteiger partial charge in [-0.1, -0.05) is 25.8 Å². The van der Waals surface area contributed by atoms with Gasteiger partial charge >= 0.3 is 5.97 Å². The number of hydrogen-bond donors (Lipinski definition) is 3. The van der Waals surface area contributed by atoms with E-state index in [1.165, 1.54) is 43.5 Å². The molecule has 1 amide bonds. The van der Waals surface area contributed by atoms with Crippen LogP contribution in [-0.2, 0) is 4.79 Å². The van der Waals surface area contributed by atoms with Crippen LogP contribution in [-0.4, -0.2) is 28.1 Å². The Morgan fingerprint density at radius 3 is 2.65 bits per heavy atom. The summed E-state index contributed by atoms with van der Waals surface area (Å²) in [5.74, 6) is -0.822. The average molecular weight is 279 g/mol.